The molecule has 1 aromatic heterocycles. The largest absolute Gasteiger partial charge is 0.345 e. The minimum atomic E-state index is -0.0223. The van der Waals surface area contributed by atoms with E-state index in [1.807, 2.05) is 48.9 Å². The molecule has 0 bridgehead atoms. The third-order valence-corrected chi connectivity index (χ3v) is 3.95. The number of rotatable bonds is 6. The Morgan fingerprint density at radius 1 is 1.28 bits per heavy atom. The molecule has 0 aliphatic carbocycles. The van der Waals surface area contributed by atoms with E-state index in [2.05, 4.69) is 28.3 Å². The first-order valence-electron chi connectivity index (χ1n) is 8.32. The molecule has 0 saturated heterocycles. The maximum absolute atomic E-state index is 12.0. The van der Waals surface area contributed by atoms with Crippen molar-refractivity contribution in [1.82, 2.24) is 15.1 Å². The number of nitrogens with zero attached hydrogens (tertiary/aromatic N) is 3. The third-order valence-electron chi connectivity index (χ3n) is 3.95. The van der Waals surface area contributed by atoms with Gasteiger partial charge in [0.15, 0.2) is 0 Å². The number of carbonyl (C=O) groups is 1. The monoisotopic (exact) mass is 334 g/mol. The number of hydrogen-bond acceptors (Lipinski definition) is 3. The van der Waals surface area contributed by atoms with Gasteiger partial charge in [0.05, 0.1) is 31.3 Å². The van der Waals surface area contributed by atoms with Crippen molar-refractivity contribution in [3.8, 4) is 17.9 Å². The second kappa shape index (κ2) is 9.30. The number of aromatic nitrogens is 2. The van der Waals surface area contributed by atoms with Crippen molar-refractivity contribution in [2.75, 3.05) is 6.54 Å². The van der Waals surface area contributed by atoms with Crippen LogP contribution in [-0.4, -0.2) is 22.2 Å². The van der Waals surface area contributed by atoms with Crippen molar-refractivity contribution in [2.24, 2.45) is 0 Å². The molecule has 0 saturated carbocycles. The molecular weight excluding hydrogens is 312 g/mol. The van der Waals surface area contributed by atoms with Crippen LogP contribution in [0.1, 0.15) is 35.4 Å². The van der Waals surface area contributed by atoms with Gasteiger partial charge in [0.25, 0.3) is 0 Å². The van der Waals surface area contributed by atoms with Crippen LogP contribution in [0.5, 0.6) is 0 Å². The molecule has 2 rings (SSSR count). The van der Waals surface area contributed by atoms with Crippen LogP contribution in [0.4, 0.5) is 0 Å². The number of hydrogen-bond donors (Lipinski definition) is 1. The summed E-state index contributed by atoms with van der Waals surface area (Å²) in [4.78, 5) is 12.0. The van der Waals surface area contributed by atoms with Crippen molar-refractivity contribution in [1.29, 1.82) is 5.26 Å². The van der Waals surface area contributed by atoms with E-state index in [9.17, 15) is 4.79 Å². The van der Waals surface area contributed by atoms with Gasteiger partial charge in [-0.05, 0) is 38.0 Å². The molecule has 0 atom stereocenters. The van der Waals surface area contributed by atoms with Gasteiger partial charge in [-0.15, -0.1) is 0 Å². The van der Waals surface area contributed by atoms with Crippen molar-refractivity contribution in [3.63, 3.8) is 0 Å². The minimum absolute atomic E-state index is 0.0223. The molecule has 128 valence electrons. The molecule has 0 aliphatic rings. The normalized spacial score (nSPS) is 9.80. The van der Waals surface area contributed by atoms with Crippen molar-refractivity contribution in [3.05, 3.63) is 52.8 Å². The highest BCUT2D eigenvalue weighted by Crippen LogP contribution is 2.15. The van der Waals surface area contributed by atoms with E-state index in [0.29, 0.717) is 32.4 Å². The molecule has 0 fully saturated rings. The van der Waals surface area contributed by atoms with Gasteiger partial charge in [-0.25, -0.2) is 0 Å². The van der Waals surface area contributed by atoms with Crippen LogP contribution in [0, 0.1) is 37.0 Å². The highest BCUT2D eigenvalue weighted by atomic mass is 16.1. The highest BCUT2D eigenvalue weighted by Gasteiger charge is 2.12. The van der Waals surface area contributed by atoms with Gasteiger partial charge < -0.3 is 5.32 Å². The van der Waals surface area contributed by atoms with E-state index >= 15 is 0 Å². The molecule has 0 unspecified atom stereocenters. The first kappa shape index (κ1) is 18.3. The summed E-state index contributed by atoms with van der Waals surface area (Å²) in [6.45, 7) is 4.85. The summed E-state index contributed by atoms with van der Waals surface area (Å²) in [5, 5.41) is 16.0. The van der Waals surface area contributed by atoms with Gasteiger partial charge in [0.2, 0.25) is 5.91 Å². The van der Waals surface area contributed by atoms with Gasteiger partial charge in [0, 0.05) is 17.7 Å². The second-order valence-electron chi connectivity index (χ2n) is 5.73. The number of nitrogens with one attached hydrogen (secondary N) is 1. The SMILES string of the molecule is Cc1nn(CCC#N)c(C)c1CCC(=O)NCC#Cc1ccccc1. The smallest absolute Gasteiger partial charge is 0.221 e. The fourth-order valence-electron chi connectivity index (χ4n) is 2.61. The number of nitriles is 1. The van der Waals surface area contributed by atoms with Crippen LogP contribution in [0.2, 0.25) is 0 Å². The molecule has 1 heterocycles. The summed E-state index contributed by atoms with van der Waals surface area (Å²) >= 11 is 0. The lowest BCUT2D eigenvalue weighted by Crippen LogP contribution is -2.23. The number of carbonyl (C=O) groups excluding carboxylic acids is 1. The summed E-state index contributed by atoms with van der Waals surface area (Å²) in [6.07, 6.45) is 1.47. The Labute approximate surface area is 148 Å². The quantitative estimate of drug-likeness (QED) is 0.825. The summed E-state index contributed by atoms with van der Waals surface area (Å²) in [5.41, 5.74) is 3.98. The van der Waals surface area contributed by atoms with Crippen LogP contribution in [0.15, 0.2) is 30.3 Å². The molecule has 0 radical (unpaired) electrons. The summed E-state index contributed by atoms with van der Waals surface area (Å²) < 4.78 is 1.84. The topological polar surface area (TPSA) is 70.7 Å². The predicted molar refractivity (Wildman–Crippen MR) is 96.6 cm³/mol. The molecule has 2 aromatic rings. The molecule has 5 nitrogen and oxygen atoms in total. The maximum atomic E-state index is 12.0. The van der Waals surface area contributed by atoms with Crippen molar-refractivity contribution in [2.45, 2.75) is 39.7 Å². The Hall–Kier alpha value is -3.05. The zero-order valence-corrected chi connectivity index (χ0v) is 14.7. The maximum Gasteiger partial charge on any atom is 0.221 e. The predicted octanol–water partition coefficient (Wildman–Crippen LogP) is 2.51. The number of aryl methyl sites for hydroxylation is 2. The van der Waals surface area contributed by atoms with Gasteiger partial charge in [-0.3, -0.25) is 9.48 Å². The Bertz CT molecular complexity index is 819. The van der Waals surface area contributed by atoms with E-state index in [0.717, 1.165) is 22.5 Å². The lowest BCUT2D eigenvalue weighted by molar-refractivity contribution is -0.120. The highest BCUT2D eigenvalue weighted by molar-refractivity contribution is 5.76. The van der Waals surface area contributed by atoms with Crippen LogP contribution in [0.3, 0.4) is 0 Å². The first-order chi connectivity index (χ1) is 12.1. The zero-order chi connectivity index (χ0) is 18.1. The van der Waals surface area contributed by atoms with Crippen LogP contribution >= 0.6 is 0 Å². The van der Waals surface area contributed by atoms with Crippen molar-refractivity contribution < 1.29 is 4.79 Å². The Kier molecular flexibility index (Phi) is 6.80. The fraction of sp³-hybridized carbons (Fsp3) is 0.350. The average molecular weight is 334 g/mol. The van der Waals surface area contributed by atoms with Crippen molar-refractivity contribution >= 4 is 5.91 Å². The van der Waals surface area contributed by atoms with E-state index in [1.54, 1.807) is 0 Å². The molecule has 5 heteroatoms. The summed E-state index contributed by atoms with van der Waals surface area (Å²) in [5.74, 6) is 5.94. The lowest BCUT2D eigenvalue weighted by Gasteiger charge is -2.04. The fourth-order valence-corrected chi connectivity index (χ4v) is 2.61. The molecule has 25 heavy (non-hydrogen) atoms. The van der Waals surface area contributed by atoms with Gasteiger partial charge in [-0.2, -0.15) is 10.4 Å². The van der Waals surface area contributed by atoms with Gasteiger partial charge >= 0.3 is 0 Å². The Morgan fingerprint density at radius 3 is 2.76 bits per heavy atom. The third kappa shape index (κ3) is 5.51. The van der Waals surface area contributed by atoms with E-state index in [4.69, 9.17) is 5.26 Å². The van der Waals surface area contributed by atoms with Gasteiger partial charge in [0.1, 0.15) is 0 Å². The molecule has 1 N–H and O–H groups in total. The molecule has 1 amide bonds. The van der Waals surface area contributed by atoms with E-state index in [-0.39, 0.29) is 5.91 Å². The number of benzene rings is 1. The Balaban J connectivity index is 1.81. The van der Waals surface area contributed by atoms with Crippen LogP contribution in [0.25, 0.3) is 0 Å². The summed E-state index contributed by atoms with van der Waals surface area (Å²) in [6, 6.07) is 11.8. The summed E-state index contributed by atoms with van der Waals surface area (Å²) in [7, 11) is 0. The average Bonchev–Trinajstić information content (AvgIpc) is 2.89. The molecule has 0 spiro atoms. The van der Waals surface area contributed by atoms with Crippen LogP contribution < -0.4 is 5.32 Å². The lowest BCUT2D eigenvalue weighted by atomic mass is 10.1. The van der Waals surface area contributed by atoms with Crippen LogP contribution in [-0.2, 0) is 17.8 Å². The number of amides is 1. The van der Waals surface area contributed by atoms with E-state index < -0.39 is 0 Å². The zero-order valence-electron chi connectivity index (χ0n) is 14.7. The molecule has 0 aliphatic heterocycles. The first-order valence-corrected chi connectivity index (χ1v) is 8.32. The minimum Gasteiger partial charge on any atom is -0.345 e. The second-order valence-corrected chi connectivity index (χ2v) is 5.73. The molecule has 1 aromatic carbocycles. The standard InChI is InChI=1S/C20H22N4O/c1-16-19(17(2)24(23-16)15-7-13-21)11-12-20(25)22-14-6-10-18-8-4-3-5-9-18/h3-5,8-9H,7,11-12,14-15H2,1-2H3,(H,22,25). The Morgan fingerprint density at radius 2 is 2.04 bits per heavy atom. The van der Waals surface area contributed by atoms with E-state index in [1.165, 1.54) is 0 Å². The van der Waals surface area contributed by atoms with Gasteiger partial charge in [-0.1, -0.05) is 30.0 Å². The molecular formula is C20H22N4O.